The molecular weight excluding hydrogens is 430 g/mol. The Morgan fingerprint density at radius 2 is 1.41 bits per heavy atom. The Balaban J connectivity index is 1.35. The van der Waals surface area contributed by atoms with Crippen LogP contribution in [0.4, 0.5) is 17.3 Å². The number of aromatic nitrogens is 2. The molecule has 176 valence electrons. The summed E-state index contributed by atoms with van der Waals surface area (Å²) >= 11 is 0. The Morgan fingerprint density at radius 3 is 1.88 bits per heavy atom. The van der Waals surface area contributed by atoms with E-state index in [-0.39, 0.29) is 16.9 Å². The number of hydrogen-bond acceptors (Lipinski definition) is 6. The minimum atomic E-state index is -0.981. The molecule has 0 atom stereocenters. The highest BCUT2D eigenvalue weighted by atomic mass is 16.4. The highest BCUT2D eigenvalue weighted by Crippen LogP contribution is 2.25. The van der Waals surface area contributed by atoms with Gasteiger partial charge in [-0.15, -0.1) is 0 Å². The van der Waals surface area contributed by atoms with E-state index in [1.807, 2.05) is 24.3 Å². The van der Waals surface area contributed by atoms with Gasteiger partial charge in [-0.3, -0.25) is 4.79 Å². The van der Waals surface area contributed by atoms with Crippen molar-refractivity contribution in [2.75, 3.05) is 41.3 Å². The zero-order valence-corrected chi connectivity index (χ0v) is 19.7. The summed E-state index contributed by atoms with van der Waals surface area (Å²) in [6, 6.07) is 14.9. The van der Waals surface area contributed by atoms with Crippen LogP contribution < -0.4 is 15.1 Å². The zero-order chi connectivity index (χ0) is 24.3. The van der Waals surface area contributed by atoms with Crippen LogP contribution in [0.15, 0.2) is 60.9 Å². The maximum absolute atomic E-state index is 12.7. The zero-order valence-electron chi connectivity index (χ0n) is 19.7. The van der Waals surface area contributed by atoms with E-state index >= 15 is 0 Å². The SMILES string of the molecule is CC(C)(C)c1cccc(NC(=O)c2ccc(N3CCN(c4ccc(C(=O)O)cn4)CC3)nc2)c1. The first-order chi connectivity index (χ1) is 16.2. The van der Waals surface area contributed by atoms with Crippen molar-refractivity contribution in [3.05, 3.63) is 77.6 Å². The van der Waals surface area contributed by atoms with Crippen molar-refractivity contribution < 1.29 is 14.7 Å². The average molecular weight is 460 g/mol. The number of benzene rings is 1. The summed E-state index contributed by atoms with van der Waals surface area (Å²) < 4.78 is 0. The van der Waals surface area contributed by atoms with Crippen molar-refractivity contribution in [3.63, 3.8) is 0 Å². The van der Waals surface area contributed by atoms with Crippen LogP contribution in [0.25, 0.3) is 0 Å². The Kier molecular flexibility index (Phi) is 6.49. The number of piperazine rings is 1. The third-order valence-electron chi connectivity index (χ3n) is 5.92. The van der Waals surface area contributed by atoms with Crippen LogP contribution in [0.1, 0.15) is 47.1 Å². The van der Waals surface area contributed by atoms with Crippen LogP contribution in [-0.2, 0) is 5.41 Å². The summed E-state index contributed by atoms with van der Waals surface area (Å²) in [4.78, 5) is 36.8. The maximum atomic E-state index is 12.7. The number of carboxylic acids is 1. The van der Waals surface area contributed by atoms with Crippen LogP contribution in [0.5, 0.6) is 0 Å². The Morgan fingerprint density at radius 1 is 0.853 bits per heavy atom. The number of rotatable bonds is 5. The number of carboxylic acid groups (broad SMARTS) is 1. The van der Waals surface area contributed by atoms with Crippen molar-refractivity contribution in [1.82, 2.24) is 9.97 Å². The van der Waals surface area contributed by atoms with Gasteiger partial charge in [-0.25, -0.2) is 14.8 Å². The highest BCUT2D eigenvalue weighted by molar-refractivity contribution is 6.04. The van der Waals surface area contributed by atoms with Gasteiger partial charge in [0.25, 0.3) is 5.91 Å². The van der Waals surface area contributed by atoms with Crippen LogP contribution in [-0.4, -0.2) is 53.1 Å². The van der Waals surface area contributed by atoms with Crippen LogP contribution in [0.3, 0.4) is 0 Å². The summed E-state index contributed by atoms with van der Waals surface area (Å²) in [7, 11) is 0. The molecule has 2 N–H and O–H groups in total. The van der Waals surface area contributed by atoms with Crippen molar-refractivity contribution in [3.8, 4) is 0 Å². The van der Waals surface area contributed by atoms with Gasteiger partial charge in [0, 0.05) is 44.3 Å². The highest BCUT2D eigenvalue weighted by Gasteiger charge is 2.20. The van der Waals surface area contributed by atoms with E-state index in [0.29, 0.717) is 5.56 Å². The number of pyridine rings is 2. The molecule has 3 aromatic rings. The van der Waals surface area contributed by atoms with Crippen molar-refractivity contribution in [1.29, 1.82) is 0 Å². The Labute approximate surface area is 199 Å². The molecule has 4 rings (SSSR count). The summed E-state index contributed by atoms with van der Waals surface area (Å²) in [5.74, 6) is 0.414. The minimum absolute atomic E-state index is 0.00590. The van der Waals surface area contributed by atoms with E-state index in [9.17, 15) is 9.59 Å². The lowest BCUT2D eigenvalue weighted by Crippen LogP contribution is -2.47. The molecule has 1 amide bonds. The van der Waals surface area contributed by atoms with E-state index < -0.39 is 5.97 Å². The van der Waals surface area contributed by atoms with E-state index in [0.717, 1.165) is 49.1 Å². The number of anilines is 3. The van der Waals surface area contributed by atoms with Crippen LogP contribution in [0, 0.1) is 0 Å². The Bertz CT molecular complexity index is 1160. The molecule has 2 aromatic heterocycles. The molecule has 1 aromatic carbocycles. The van der Waals surface area contributed by atoms with E-state index in [1.165, 1.54) is 6.20 Å². The lowest BCUT2D eigenvalue weighted by atomic mass is 9.87. The van der Waals surface area contributed by atoms with Gasteiger partial charge in [0.05, 0.1) is 11.1 Å². The predicted molar refractivity (Wildman–Crippen MR) is 133 cm³/mol. The lowest BCUT2D eigenvalue weighted by Gasteiger charge is -2.36. The fourth-order valence-corrected chi connectivity index (χ4v) is 3.84. The van der Waals surface area contributed by atoms with Gasteiger partial charge in [0.1, 0.15) is 11.6 Å². The number of carbonyl (C=O) groups excluding carboxylic acids is 1. The van der Waals surface area contributed by atoms with Crippen molar-refractivity contribution in [2.45, 2.75) is 26.2 Å². The van der Waals surface area contributed by atoms with Gasteiger partial charge in [0.2, 0.25) is 0 Å². The van der Waals surface area contributed by atoms with E-state index in [1.54, 1.807) is 24.4 Å². The second-order valence-corrected chi connectivity index (χ2v) is 9.37. The van der Waals surface area contributed by atoms with Gasteiger partial charge in [-0.2, -0.15) is 0 Å². The van der Waals surface area contributed by atoms with Gasteiger partial charge in [-0.1, -0.05) is 32.9 Å². The molecular formula is C26H29N5O3. The van der Waals surface area contributed by atoms with Crippen LogP contribution in [0.2, 0.25) is 0 Å². The maximum Gasteiger partial charge on any atom is 0.337 e. The van der Waals surface area contributed by atoms with Gasteiger partial charge >= 0.3 is 5.97 Å². The molecule has 0 aliphatic carbocycles. The first-order valence-electron chi connectivity index (χ1n) is 11.3. The summed E-state index contributed by atoms with van der Waals surface area (Å²) in [5.41, 5.74) is 2.61. The second-order valence-electron chi connectivity index (χ2n) is 9.37. The molecule has 8 nitrogen and oxygen atoms in total. The monoisotopic (exact) mass is 459 g/mol. The molecule has 1 saturated heterocycles. The molecule has 0 spiro atoms. The number of nitrogens with one attached hydrogen (secondary N) is 1. The molecule has 34 heavy (non-hydrogen) atoms. The number of amides is 1. The lowest BCUT2D eigenvalue weighted by molar-refractivity contribution is 0.0696. The fourth-order valence-electron chi connectivity index (χ4n) is 3.84. The van der Waals surface area contributed by atoms with Crippen molar-refractivity contribution in [2.24, 2.45) is 0 Å². The quantitative estimate of drug-likeness (QED) is 0.594. The molecule has 0 unspecified atom stereocenters. The van der Waals surface area contributed by atoms with Crippen LogP contribution >= 0.6 is 0 Å². The minimum Gasteiger partial charge on any atom is -0.478 e. The normalized spacial score (nSPS) is 14.1. The summed E-state index contributed by atoms with van der Waals surface area (Å²) in [5, 5.41) is 12.0. The largest absolute Gasteiger partial charge is 0.478 e. The van der Waals surface area contributed by atoms with E-state index in [4.69, 9.17) is 5.11 Å². The number of carbonyl (C=O) groups is 2. The molecule has 8 heteroatoms. The number of nitrogens with zero attached hydrogens (tertiary/aromatic N) is 4. The smallest absolute Gasteiger partial charge is 0.337 e. The molecule has 0 radical (unpaired) electrons. The Hall–Kier alpha value is -3.94. The average Bonchev–Trinajstić information content (AvgIpc) is 2.84. The van der Waals surface area contributed by atoms with Crippen molar-refractivity contribution >= 4 is 29.2 Å². The topological polar surface area (TPSA) is 98.7 Å². The molecule has 0 saturated carbocycles. The second kappa shape index (κ2) is 9.51. The van der Waals surface area contributed by atoms with E-state index in [2.05, 4.69) is 51.9 Å². The van der Waals surface area contributed by atoms with Gasteiger partial charge < -0.3 is 20.2 Å². The predicted octanol–water partition coefficient (Wildman–Crippen LogP) is 4.05. The third kappa shape index (κ3) is 5.33. The fraction of sp³-hybridized carbons (Fsp3) is 0.308. The molecule has 1 fully saturated rings. The number of aromatic carboxylic acids is 1. The first kappa shape index (κ1) is 23.2. The standard InChI is InChI=1S/C26H29N5O3/c1-26(2,3)20-5-4-6-21(15-20)29-24(32)18-7-9-22(27-16-18)30-11-13-31(14-12-30)23-10-8-19(17-28-23)25(33)34/h4-10,15-17H,11-14H2,1-3H3,(H,29,32)(H,33,34). The molecule has 0 bridgehead atoms. The summed E-state index contributed by atoms with van der Waals surface area (Å²) in [6.07, 6.45) is 2.99. The summed E-state index contributed by atoms with van der Waals surface area (Å²) in [6.45, 7) is 9.41. The number of hydrogen-bond donors (Lipinski definition) is 2. The van der Waals surface area contributed by atoms with Gasteiger partial charge in [-0.05, 0) is 47.4 Å². The molecule has 1 aliphatic heterocycles. The molecule has 1 aliphatic rings. The van der Waals surface area contributed by atoms with Gasteiger partial charge in [0.15, 0.2) is 0 Å². The molecule has 3 heterocycles. The third-order valence-corrected chi connectivity index (χ3v) is 5.92. The first-order valence-corrected chi connectivity index (χ1v) is 11.3.